The Hall–Kier alpha value is -1.40. The monoisotopic (exact) mass is 364 g/mol. The van der Waals surface area contributed by atoms with Gasteiger partial charge in [-0.2, -0.15) is 4.31 Å². The lowest BCUT2D eigenvalue weighted by molar-refractivity contribution is -0.127. The second kappa shape index (κ2) is 7.87. The maximum atomic E-state index is 12.8. The van der Waals surface area contributed by atoms with E-state index < -0.39 is 10.0 Å². The molecule has 3 rings (SSSR count). The predicted molar refractivity (Wildman–Crippen MR) is 97.7 cm³/mol. The van der Waals surface area contributed by atoms with Crippen LogP contribution in [0.1, 0.15) is 50.5 Å². The van der Waals surface area contributed by atoms with E-state index in [1.54, 1.807) is 12.1 Å². The van der Waals surface area contributed by atoms with E-state index in [0.717, 1.165) is 18.4 Å². The number of benzene rings is 1. The Morgan fingerprint density at radius 2 is 1.68 bits per heavy atom. The highest BCUT2D eigenvalue weighted by atomic mass is 32.2. The molecule has 1 amide bonds. The summed E-state index contributed by atoms with van der Waals surface area (Å²) in [4.78, 5) is 12.8. The van der Waals surface area contributed by atoms with Crippen LogP contribution in [0.4, 0.5) is 0 Å². The number of carbonyl (C=O) groups is 1. The van der Waals surface area contributed by atoms with Gasteiger partial charge in [-0.3, -0.25) is 4.79 Å². The zero-order chi connectivity index (χ0) is 17.9. The number of carbonyl (C=O) groups excluding carboxylic acids is 1. The van der Waals surface area contributed by atoms with E-state index in [-0.39, 0.29) is 11.8 Å². The molecule has 0 radical (unpaired) electrons. The van der Waals surface area contributed by atoms with Crippen LogP contribution >= 0.6 is 0 Å². The average Bonchev–Trinajstić information content (AvgIpc) is 2.63. The number of rotatable bonds is 4. The van der Waals surface area contributed by atoms with Gasteiger partial charge in [0.1, 0.15) is 0 Å². The molecule has 1 aliphatic heterocycles. The first kappa shape index (κ1) is 18.4. The van der Waals surface area contributed by atoms with E-state index in [1.165, 1.54) is 23.6 Å². The molecule has 2 aliphatic rings. The van der Waals surface area contributed by atoms with Crippen molar-refractivity contribution in [3.63, 3.8) is 0 Å². The largest absolute Gasteiger partial charge is 0.353 e. The van der Waals surface area contributed by atoms with E-state index in [0.29, 0.717) is 36.9 Å². The fraction of sp³-hybridized carbons (Fsp3) is 0.632. The van der Waals surface area contributed by atoms with E-state index in [1.807, 2.05) is 19.1 Å². The lowest BCUT2D eigenvalue weighted by Crippen LogP contribution is -2.45. The van der Waals surface area contributed by atoms with Gasteiger partial charge in [0.25, 0.3) is 0 Å². The number of hydrogen-bond acceptors (Lipinski definition) is 3. The Morgan fingerprint density at radius 3 is 2.32 bits per heavy atom. The van der Waals surface area contributed by atoms with Crippen molar-refractivity contribution in [3.8, 4) is 0 Å². The van der Waals surface area contributed by atoms with Crippen LogP contribution in [0.5, 0.6) is 0 Å². The minimum Gasteiger partial charge on any atom is -0.353 e. The summed E-state index contributed by atoms with van der Waals surface area (Å²) in [6, 6.07) is 7.39. The van der Waals surface area contributed by atoms with Crippen LogP contribution in [-0.4, -0.2) is 37.8 Å². The molecule has 6 heteroatoms. The van der Waals surface area contributed by atoms with E-state index in [2.05, 4.69) is 5.32 Å². The van der Waals surface area contributed by atoms with Crippen LogP contribution in [0.15, 0.2) is 29.2 Å². The molecule has 2 fully saturated rings. The quantitative estimate of drug-likeness (QED) is 0.893. The number of sulfonamides is 1. The van der Waals surface area contributed by atoms with Gasteiger partial charge in [-0.25, -0.2) is 8.42 Å². The molecule has 1 aromatic rings. The Labute approximate surface area is 150 Å². The number of hydrogen-bond donors (Lipinski definition) is 1. The van der Waals surface area contributed by atoms with E-state index in [4.69, 9.17) is 0 Å². The summed E-state index contributed by atoms with van der Waals surface area (Å²) in [6.07, 6.45) is 7.00. The molecule has 1 aliphatic carbocycles. The molecule has 1 aromatic carbocycles. The minimum absolute atomic E-state index is 0.0646. The molecule has 0 aromatic heterocycles. The second-order valence-electron chi connectivity index (χ2n) is 7.29. The maximum absolute atomic E-state index is 12.8. The van der Waals surface area contributed by atoms with Gasteiger partial charge in [0, 0.05) is 25.0 Å². The first-order valence-electron chi connectivity index (χ1n) is 9.34. The molecule has 25 heavy (non-hydrogen) atoms. The Kier molecular flexibility index (Phi) is 5.79. The highest BCUT2D eigenvalue weighted by Gasteiger charge is 2.33. The average molecular weight is 365 g/mol. The van der Waals surface area contributed by atoms with Crippen molar-refractivity contribution in [2.24, 2.45) is 5.92 Å². The molecule has 0 bridgehead atoms. The molecule has 5 nitrogen and oxygen atoms in total. The van der Waals surface area contributed by atoms with Crippen molar-refractivity contribution in [1.82, 2.24) is 9.62 Å². The minimum atomic E-state index is -3.47. The van der Waals surface area contributed by atoms with Crippen molar-refractivity contribution in [3.05, 3.63) is 29.8 Å². The lowest BCUT2D eigenvalue weighted by atomic mass is 9.93. The van der Waals surface area contributed by atoms with Gasteiger partial charge in [0.2, 0.25) is 15.9 Å². The molecule has 1 saturated carbocycles. The summed E-state index contributed by atoms with van der Waals surface area (Å²) in [6.45, 7) is 2.65. The number of nitrogens with zero attached hydrogens (tertiary/aromatic N) is 1. The van der Waals surface area contributed by atoms with Gasteiger partial charge in [0.05, 0.1) is 4.90 Å². The highest BCUT2D eigenvalue weighted by Crippen LogP contribution is 2.26. The highest BCUT2D eigenvalue weighted by molar-refractivity contribution is 7.89. The molecule has 1 heterocycles. The molecule has 0 spiro atoms. The summed E-state index contributed by atoms with van der Waals surface area (Å²) in [5.74, 6) is 0.0464. The van der Waals surface area contributed by atoms with Crippen LogP contribution < -0.4 is 5.32 Å². The van der Waals surface area contributed by atoms with Gasteiger partial charge in [-0.05, 0) is 44.2 Å². The van der Waals surface area contributed by atoms with Crippen molar-refractivity contribution in [2.45, 2.75) is 62.8 Å². The SMILES string of the molecule is Cc1ccccc1S(=O)(=O)N1CCC(C(=O)NC2CCCCC2)CC1. The molecule has 138 valence electrons. The van der Waals surface area contributed by atoms with Crippen molar-refractivity contribution >= 4 is 15.9 Å². The van der Waals surface area contributed by atoms with Crippen LogP contribution in [-0.2, 0) is 14.8 Å². The summed E-state index contributed by atoms with van der Waals surface area (Å²) in [7, 11) is -3.47. The third-order valence-electron chi connectivity index (χ3n) is 5.49. The topological polar surface area (TPSA) is 66.5 Å². The third-order valence-corrected chi connectivity index (χ3v) is 7.55. The molecule has 0 unspecified atom stereocenters. The number of aryl methyl sites for hydroxylation is 1. The Bertz CT molecular complexity index is 703. The summed E-state index contributed by atoms with van der Waals surface area (Å²) >= 11 is 0. The summed E-state index contributed by atoms with van der Waals surface area (Å²) in [5, 5.41) is 3.18. The van der Waals surface area contributed by atoms with E-state index >= 15 is 0 Å². The summed E-state index contributed by atoms with van der Waals surface area (Å²) in [5.41, 5.74) is 0.764. The van der Waals surface area contributed by atoms with Crippen molar-refractivity contribution in [2.75, 3.05) is 13.1 Å². The molecule has 1 N–H and O–H groups in total. The smallest absolute Gasteiger partial charge is 0.243 e. The van der Waals surface area contributed by atoms with Crippen molar-refractivity contribution < 1.29 is 13.2 Å². The molecular formula is C19H28N2O3S. The number of piperidine rings is 1. The van der Waals surface area contributed by atoms with Crippen LogP contribution in [0.2, 0.25) is 0 Å². The lowest BCUT2D eigenvalue weighted by Gasteiger charge is -2.32. The second-order valence-corrected chi connectivity index (χ2v) is 9.19. The van der Waals surface area contributed by atoms with Crippen molar-refractivity contribution in [1.29, 1.82) is 0 Å². The number of nitrogens with one attached hydrogen (secondary N) is 1. The first-order chi connectivity index (χ1) is 12.0. The normalized spacial score (nSPS) is 21.2. The third kappa shape index (κ3) is 4.23. The first-order valence-corrected chi connectivity index (χ1v) is 10.8. The van der Waals surface area contributed by atoms with Gasteiger partial charge in [0.15, 0.2) is 0 Å². The van der Waals surface area contributed by atoms with Gasteiger partial charge in [-0.15, -0.1) is 0 Å². The van der Waals surface area contributed by atoms with Crippen LogP contribution in [0.3, 0.4) is 0 Å². The fourth-order valence-electron chi connectivity index (χ4n) is 3.91. The van der Waals surface area contributed by atoms with Gasteiger partial charge >= 0.3 is 0 Å². The zero-order valence-electron chi connectivity index (χ0n) is 14.9. The van der Waals surface area contributed by atoms with Gasteiger partial charge < -0.3 is 5.32 Å². The van der Waals surface area contributed by atoms with Crippen LogP contribution in [0.25, 0.3) is 0 Å². The zero-order valence-corrected chi connectivity index (χ0v) is 15.7. The molecular weight excluding hydrogens is 336 g/mol. The van der Waals surface area contributed by atoms with Crippen LogP contribution in [0, 0.1) is 12.8 Å². The summed E-state index contributed by atoms with van der Waals surface area (Å²) < 4.78 is 27.2. The standard InChI is InChI=1S/C19H28N2O3S/c1-15-7-5-6-10-18(15)25(23,24)21-13-11-16(12-14-21)19(22)20-17-8-3-2-4-9-17/h5-7,10,16-17H,2-4,8-9,11-14H2,1H3,(H,20,22). The number of amides is 1. The van der Waals surface area contributed by atoms with E-state index in [9.17, 15) is 13.2 Å². The molecule has 0 atom stereocenters. The predicted octanol–water partition coefficient (Wildman–Crippen LogP) is 2.84. The Morgan fingerprint density at radius 1 is 1.04 bits per heavy atom. The Balaban J connectivity index is 1.58. The van der Waals surface area contributed by atoms with Gasteiger partial charge in [-0.1, -0.05) is 37.5 Å². The maximum Gasteiger partial charge on any atom is 0.243 e. The fourth-order valence-corrected chi connectivity index (χ4v) is 5.60. The molecule has 1 saturated heterocycles.